The molecule has 19 heavy (non-hydrogen) atoms. The smallest absolute Gasteiger partial charge is 0.0126 e. The van der Waals surface area contributed by atoms with E-state index < -0.39 is 0 Å². The SMILES string of the molecule is Cc1cc(C(C)C2CC2)c(C(C)(C)C)c2c1CCC2. The lowest BCUT2D eigenvalue weighted by Crippen LogP contribution is -2.19. The highest BCUT2D eigenvalue weighted by Crippen LogP contribution is 2.47. The fraction of sp³-hybridized carbons (Fsp3) is 0.684. The molecule has 0 spiro atoms. The third-order valence-corrected chi connectivity index (χ3v) is 5.23. The molecule has 104 valence electrons. The minimum Gasteiger partial charge on any atom is -0.0581 e. The molecule has 1 atom stereocenters. The Morgan fingerprint density at radius 3 is 2.32 bits per heavy atom. The maximum Gasteiger partial charge on any atom is -0.0126 e. The zero-order valence-electron chi connectivity index (χ0n) is 13.3. The molecule has 0 N–H and O–H groups in total. The maximum atomic E-state index is 2.54. The van der Waals surface area contributed by atoms with E-state index in [1.54, 1.807) is 27.8 Å². The third kappa shape index (κ3) is 2.24. The highest BCUT2D eigenvalue weighted by atomic mass is 14.4. The quantitative estimate of drug-likeness (QED) is 0.674. The Labute approximate surface area is 118 Å². The standard InChI is InChI=1S/C19H28/c1-12-11-17(13(2)14-9-10-14)18(19(3,4)5)16-8-6-7-15(12)16/h11,13-14H,6-10H2,1-5H3. The molecule has 0 heteroatoms. The van der Waals surface area contributed by atoms with Crippen LogP contribution >= 0.6 is 0 Å². The zero-order valence-corrected chi connectivity index (χ0v) is 13.3. The fourth-order valence-electron chi connectivity index (χ4n) is 4.12. The third-order valence-electron chi connectivity index (χ3n) is 5.23. The van der Waals surface area contributed by atoms with Gasteiger partial charge in [0.2, 0.25) is 0 Å². The van der Waals surface area contributed by atoms with Crippen LogP contribution in [0.25, 0.3) is 0 Å². The summed E-state index contributed by atoms with van der Waals surface area (Å²) in [7, 11) is 0. The molecule has 0 bridgehead atoms. The first kappa shape index (κ1) is 13.2. The van der Waals surface area contributed by atoms with E-state index in [0.717, 1.165) is 11.8 Å². The van der Waals surface area contributed by atoms with Gasteiger partial charge in [-0.15, -0.1) is 0 Å². The van der Waals surface area contributed by atoms with Gasteiger partial charge in [-0.2, -0.15) is 0 Å². The van der Waals surface area contributed by atoms with Crippen LogP contribution < -0.4 is 0 Å². The fourth-order valence-corrected chi connectivity index (χ4v) is 4.12. The van der Waals surface area contributed by atoms with Gasteiger partial charge >= 0.3 is 0 Å². The van der Waals surface area contributed by atoms with E-state index in [4.69, 9.17) is 0 Å². The van der Waals surface area contributed by atoms with Crippen molar-refractivity contribution in [3.05, 3.63) is 33.9 Å². The molecule has 1 aromatic rings. The highest BCUT2D eigenvalue weighted by Gasteiger charge is 2.34. The van der Waals surface area contributed by atoms with Gasteiger partial charge in [-0.3, -0.25) is 0 Å². The van der Waals surface area contributed by atoms with E-state index in [9.17, 15) is 0 Å². The molecule has 0 heterocycles. The predicted molar refractivity (Wildman–Crippen MR) is 83.0 cm³/mol. The molecule has 3 rings (SSSR count). The summed E-state index contributed by atoms with van der Waals surface area (Å²) in [6, 6.07) is 2.54. The summed E-state index contributed by atoms with van der Waals surface area (Å²) in [5.74, 6) is 1.72. The van der Waals surface area contributed by atoms with Crippen molar-refractivity contribution in [1.29, 1.82) is 0 Å². The topological polar surface area (TPSA) is 0 Å². The first-order valence-electron chi connectivity index (χ1n) is 8.05. The summed E-state index contributed by atoms with van der Waals surface area (Å²) >= 11 is 0. The maximum absolute atomic E-state index is 2.54. The second-order valence-electron chi connectivity index (χ2n) is 7.84. The van der Waals surface area contributed by atoms with Crippen LogP contribution in [0.15, 0.2) is 6.07 Å². The van der Waals surface area contributed by atoms with E-state index in [-0.39, 0.29) is 0 Å². The van der Waals surface area contributed by atoms with Crippen LogP contribution in [0.4, 0.5) is 0 Å². The van der Waals surface area contributed by atoms with Crippen molar-refractivity contribution >= 4 is 0 Å². The molecule has 1 unspecified atom stereocenters. The van der Waals surface area contributed by atoms with Crippen LogP contribution in [0.2, 0.25) is 0 Å². The molecule has 0 radical (unpaired) electrons. The van der Waals surface area contributed by atoms with Gasteiger partial charge in [0, 0.05) is 0 Å². The lowest BCUT2D eigenvalue weighted by Gasteiger charge is -2.30. The van der Waals surface area contributed by atoms with Gasteiger partial charge in [-0.1, -0.05) is 33.8 Å². The van der Waals surface area contributed by atoms with Crippen molar-refractivity contribution in [1.82, 2.24) is 0 Å². The minimum absolute atomic E-state index is 0.292. The van der Waals surface area contributed by atoms with Crippen LogP contribution in [-0.4, -0.2) is 0 Å². The van der Waals surface area contributed by atoms with Crippen molar-refractivity contribution in [3.63, 3.8) is 0 Å². The van der Waals surface area contributed by atoms with Crippen molar-refractivity contribution in [2.24, 2.45) is 5.92 Å². The van der Waals surface area contributed by atoms with Crippen LogP contribution in [0.3, 0.4) is 0 Å². The summed E-state index contributed by atoms with van der Waals surface area (Å²) in [5, 5.41) is 0. The van der Waals surface area contributed by atoms with Gasteiger partial charge in [0.05, 0.1) is 0 Å². The highest BCUT2D eigenvalue weighted by molar-refractivity contribution is 5.52. The Morgan fingerprint density at radius 1 is 1.11 bits per heavy atom. The lowest BCUT2D eigenvalue weighted by atomic mass is 9.75. The molecule has 0 aliphatic heterocycles. The Bertz CT molecular complexity index is 498. The number of fused-ring (bicyclic) bond motifs is 1. The van der Waals surface area contributed by atoms with Gasteiger partial charge in [0.15, 0.2) is 0 Å². The van der Waals surface area contributed by atoms with Crippen LogP contribution in [0.5, 0.6) is 0 Å². The molecule has 1 aromatic carbocycles. The van der Waals surface area contributed by atoms with E-state index in [1.807, 2.05) is 0 Å². The van der Waals surface area contributed by atoms with Gasteiger partial charge in [-0.25, -0.2) is 0 Å². The summed E-state index contributed by atoms with van der Waals surface area (Å²) < 4.78 is 0. The molecule has 0 nitrogen and oxygen atoms in total. The summed E-state index contributed by atoms with van der Waals surface area (Å²) in [6.07, 6.45) is 6.87. The number of hydrogen-bond donors (Lipinski definition) is 0. The molecule has 0 amide bonds. The van der Waals surface area contributed by atoms with Gasteiger partial charge in [0.25, 0.3) is 0 Å². The molecule has 1 saturated carbocycles. The number of aryl methyl sites for hydroxylation is 1. The lowest BCUT2D eigenvalue weighted by molar-refractivity contribution is 0.554. The van der Waals surface area contributed by atoms with Crippen LogP contribution in [0.1, 0.15) is 80.7 Å². The normalized spacial score (nSPS) is 20.5. The van der Waals surface area contributed by atoms with E-state index in [2.05, 4.69) is 40.7 Å². The second kappa shape index (κ2) is 4.36. The average Bonchev–Trinajstić information content (AvgIpc) is 3.04. The minimum atomic E-state index is 0.292. The summed E-state index contributed by atoms with van der Waals surface area (Å²) in [6.45, 7) is 12.0. The number of benzene rings is 1. The number of rotatable bonds is 2. The van der Waals surface area contributed by atoms with Gasteiger partial charge < -0.3 is 0 Å². The first-order valence-corrected chi connectivity index (χ1v) is 8.05. The Kier molecular flexibility index (Phi) is 3.04. The van der Waals surface area contributed by atoms with Crippen molar-refractivity contribution in [2.45, 2.75) is 78.1 Å². The zero-order chi connectivity index (χ0) is 13.8. The van der Waals surface area contributed by atoms with Crippen molar-refractivity contribution < 1.29 is 0 Å². The number of hydrogen-bond acceptors (Lipinski definition) is 0. The molecule has 2 aliphatic carbocycles. The second-order valence-corrected chi connectivity index (χ2v) is 7.84. The van der Waals surface area contributed by atoms with Crippen molar-refractivity contribution in [3.8, 4) is 0 Å². The van der Waals surface area contributed by atoms with Crippen LogP contribution in [-0.2, 0) is 18.3 Å². The van der Waals surface area contributed by atoms with E-state index >= 15 is 0 Å². The van der Waals surface area contributed by atoms with Crippen LogP contribution in [0, 0.1) is 12.8 Å². The Balaban J connectivity index is 2.19. The van der Waals surface area contributed by atoms with E-state index in [0.29, 0.717) is 5.41 Å². The Morgan fingerprint density at radius 2 is 1.74 bits per heavy atom. The Hall–Kier alpha value is -0.780. The first-order chi connectivity index (χ1) is 8.89. The molecule has 0 aromatic heterocycles. The molecule has 1 fully saturated rings. The summed E-state index contributed by atoms with van der Waals surface area (Å²) in [5.41, 5.74) is 8.62. The monoisotopic (exact) mass is 256 g/mol. The molecular weight excluding hydrogens is 228 g/mol. The molecule has 0 saturated heterocycles. The van der Waals surface area contributed by atoms with Crippen molar-refractivity contribution in [2.75, 3.05) is 0 Å². The van der Waals surface area contributed by atoms with E-state index in [1.165, 1.54) is 32.1 Å². The molecular formula is C19H28. The predicted octanol–water partition coefficient (Wildman–Crippen LogP) is 5.29. The largest absolute Gasteiger partial charge is 0.0581 e. The van der Waals surface area contributed by atoms with Gasteiger partial charge in [-0.05, 0) is 84.1 Å². The van der Waals surface area contributed by atoms with Gasteiger partial charge in [0.1, 0.15) is 0 Å². The summed E-state index contributed by atoms with van der Waals surface area (Å²) in [4.78, 5) is 0. The average molecular weight is 256 g/mol. The molecule has 2 aliphatic rings.